The molecule has 0 unspecified atom stereocenters. The fourth-order valence-corrected chi connectivity index (χ4v) is 2.47. The van der Waals surface area contributed by atoms with Crippen LogP contribution in [0.25, 0.3) is 0 Å². The van der Waals surface area contributed by atoms with Crippen LogP contribution in [0.3, 0.4) is 0 Å². The van der Waals surface area contributed by atoms with E-state index in [1.165, 1.54) is 0 Å². The van der Waals surface area contributed by atoms with E-state index in [9.17, 15) is 18.0 Å². The van der Waals surface area contributed by atoms with Crippen molar-refractivity contribution in [1.29, 1.82) is 0 Å². The summed E-state index contributed by atoms with van der Waals surface area (Å²) in [5, 5.41) is 2.66. The van der Waals surface area contributed by atoms with Gasteiger partial charge in [0.15, 0.2) is 0 Å². The van der Waals surface area contributed by atoms with Gasteiger partial charge in [-0.05, 0) is 25.7 Å². The Bertz CT molecular complexity index is 472. The van der Waals surface area contributed by atoms with Crippen LogP contribution in [-0.4, -0.2) is 49.3 Å². The molecule has 1 rings (SSSR count). The summed E-state index contributed by atoms with van der Waals surface area (Å²) in [5.41, 5.74) is -0.904. The molecule has 1 saturated heterocycles. The molecule has 0 aromatic carbocycles. The highest BCUT2D eigenvalue weighted by atomic mass is 32.2. The highest BCUT2D eigenvalue weighted by Gasteiger charge is 2.47. The average molecular weight is 290 g/mol. The SMILES string of the molecule is CC(C)CC[C@]1(C)NC(=O)N(CCS(C)(=O)=O)C1=O. The first-order valence-electron chi connectivity index (χ1n) is 6.37. The number of hydrogen-bond acceptors (Lipinski definition) is 4. The van der Waals surface area contributed by atoms with Crippen molar-refractivity contribution in [1.82, 2.24) is 10.2 Å². The van der Waals surface area contributed by atoms with Crippen LogP contribution in [0, 0.1) is 5.92 Å². The minimum atomic E-state index is -3.20. The maximum absolute atomic E-state index is 12.2. The number of nitrogens with one attached hydrogen (secondary N) is 1. The molecule has 0 spiro atoms. The Morgan fingerprint density at radius 3 is 2.37 bits per heavy atom. The van der Waals surface area contributed by atoms with Crippen molar-refractivity contribution in [3.05, 3.63) is 0 Å². The molecule has 1 aliphatic heterocycles. The summed E-state index contributed by atoms with van der Waals surface area (Å²) in [6.45, 7) is 5.70. The molecule has 7 heteroatoms. The first-order chi connectivity index (χ1) is 8.55. The van der Waals surface area contributed by atoms with Crippen molar-refractivity contribution in [3.63, 3.8) is 0 Å². The van der Waals surface area contributed by atoms with E-state index in [1.807, 2.05) is 13.8 Å². The molecule has 1 atom stereocenters. The van der Waals surface area contributed by atoms with Gasteiger partial charge < -0.3 is 5.32 Å². The Balaban J connectivity index is 2.72. The van der Waals surface area contributed by atoms with Gasteiger partial charge in [-0.3, -0.25) is 9.69 Å². The molecule has 0 aromatic heterocycles. The van der Waals surface area contributed by atoms with E-state index in [0.29, 0.717) is 12.3 Å². The Labute approximate surface area is 114 Å². The zero-order valence-electron chi connectivity index (χ0n) is 11.9. The van der Waals surface area contributed by atoms with Gasteiger partial charge in [-0.25, -0.2) is 13.2 Å². The molecule has 0 saturated carbocycles. The highest BCUT2D eigenvalue weighted by molar-refractivity contribution is 7.90. The number of nitrogens with zero attached hydrogens (tertiary/aromatic N) is 1. The number of amides is 3. The number of carbonyl (C=O) groups is 2. The molecular formula is C12H22N2O4S. The number of sulfone groups is 1. The van der Waals surface area contributed by atoms with E-state index in [1.54, 1.807) is 6.92 Å². The van der Waals surface area contributed by atoms with E-state index in [2.05, 4.69) is 5.32 Å². The third-order valence-corrected chi connectivity index (χ3v) is 4.18. The van der Waals surface area contributed by atoms with Crippen molar-refractivity contribution in [2.24, 2.45) is 5.92 Å². The number of carbonyl (C=O) groups excluding carboxylic acids is 2. The van der Waals surface area contributed by atoms with Gasteiger partial charge in [0.2, 0.25) is 0 Å². The Kier molecular flexibility index (Phi) is 4.60. The summed E-state index contributed by atoms with van der Waals surface area (Å²) < 4.78 is 22.2. The first kappa shape index (κ1) is 15.9. The van der Waals surface area contributed by atoms with Gasteiger partial charge in [-0.1, -0.05) is 13.8 Å². The molecule has 1 fully saturated rings. The lowest BCUT2D eigenvalue weighted by Gasteiger charge is -2.22. The molecule has 19 heavy (non-hydrogen) atoms. The lowest BCUT2D eigenvalue weighted by atomic mass is 9.92. The van der Waals surface area contributed by atoms with Crippen LogP contribution in [0.4, 0.5) is 4.79 Å². The summed E-state index contributed by atoms with van der Waals surface area (Å²) in [6, 6.07) is -0.500. The van der Waals surface area contributed by atoms with Gasteiger partial charge in [-0.2, -0.15) is 0 Å². The molecule has 3 amide bonds. The Morgan fingerprint density at radius 2 is 1.89 bits per heavy atom. The van der Waals surface area contributed by atoms with E-state index in [-0.39, 0.29) is 18.2 Å². The lowest BCUT2D eigenvalue weighted by Crippen LogP contribution is -2.44. The topological polar surface area (TPSA) is 83.6 Å². The molecule has 1 heterocycles. The van der Waals surface area contributed by atoms with Crippen molar-refractivity contribution in [2.45, 2.75) is 39.2 Å². The van der Waals surface area contributed by atoms with Crippen molar-refractivity contribution in [3.8, 4) is 0 Å². The van der Waals surface area contributed by atoms with Crippen LogP contribution >= 0.6 is 0 Å². The minimum absolute atomic E-state index is 0.0826. The van der Waals surface area contributed by atoms with Gasteiger partial charge >= 0.3 is 6.03 Å². The van der Waals surface area contributed by atoms with Crippen molar-refractivity contribution in [2.75, 3.05) is 18.6 Å². The second kappa shape index (κ2) is 5.48. The molecule has 0 aromatic rings. The zero-order valence-corrected chi connectivity index (χ0v) is 12.7. The van der Waals surface area contributed by atoms with Crippen LogP contribution in [0.5, 0.6) is 0 Å². The van der Waals surface area contributed by atoms with Crippen LogP contribution in [-0.2, 0) is 14.6 Å². The summed E-state index contributed by atoms with van der Waals surface area (Å²) in [5.74, 6) is -0.0970. The molecule has 6 nitrogen and oxygen atoms in total. The molecular weight excluding hydrogens is 268 g/mol. The van der Waals surface area contributed by atoms with Gasteiger partial charge in [0, 0.05) is 12.8 Å². The quantitative estimate of drug-likeness (QED) is 0.733. The smallest absolute Gasteiger partial charge is 0.323 e. The maximum Gasteiger partial charge on any atom is 0.325 e. The van der Waals surface area contributed by atoms with E-state index < -0.39 is 21.4 Å². The van der Waals surface area contributed by atoms with Crippen LogP contribution in [0.2, 0.25) is 0 Å². The summed E-state index contributed by atoms with van der Waals surface area (Å²) in [4.78, 5) is 25.0. The number of hydrogen-bond donors (Lipinski definition) is 1. The third-order valence-electron chi connectivity index (χ3n) is 3.25. The maximum atomic E-state index is 12.2. The third kappa shape index (κ3) is 4.19. The van der Waals surface area contributed by atoms with Crippen molar-refractivity contribution < 1.29 is 18.0 Å². The number of rotatable bonds is 6. The molecule has 1 N–H and O–H groups in total. The minimum Gasteiger partial charge on any atom is -0.323 e. The standard InChI is InChI=1S/C12H22N2O4S/c1-9(2)5-6-12(3)10(15)14(11(16)13-12)7-8-19(4,17)18/h9H,5-8H2,1-4H3,(H,13,16)/t12-/m0/s1. The lowest BCUT2D eigenvalue weighted by molar-refractivity contribution is -0.130. The normalized spacial score (nSPS) is 24.2. The molecule has 0 aliphatic carbocycles. The summed E-state index contributed by atoms with van der Waals surface area (Å²) in [6.07, 6.45) is 2.47. The largest absolute Gasteiger partial charge is 0.325 e. The van der Waals surface area contributed by atoms with Gasteiger partial charge in [-0.15, -0.1) is 0 Å². The molecule has 0 radical (unpaired) electrons. The molecule has 110 valence electrons. The van der Waals surface area contributed by atoms with Crippen LogP contribution in [0.1, 0.15) is 33.6 Å². The highest BCUT2D eigenvalue weighted by Crippen LogP contribution is 2.24. The predicted octanol–water partition coefficient (Wildman–Crippen LogP) is 0.778. The average Bonchev–Trinajstić information content (AvgIpc) is 2.45. The summed E-state index contributed by atoms with van der Waals surface area (Å²) in [7, 11) is -3.20. The Hall–Kier alpha value is -1.11. The van der Waals surface area contributed by atoms with Crippen LogP contribution < -0.4 is 5.32 Å². The van der Waals surface area contributed by atoms with Gasteiger partial charge in [0.1, 0.15) is 15.4 Å². The van der Waals surface area contributed by atoms with E-state index in [4.69, 9.17) is 0 Å². The fraction of sp³-hybridized carbons (Fsp3) is 0.833. The molecule has 0 bridgehead atoms. The predicted molar refractivity (Wildman–Crippen MR) is 72.4 cm³/mol. The number of urea groups is 1. The first-order valence-corrected chi connectivity index (χ1v) is 8.43. The zero-order chi connectivity index (χ0) is 14.8. The number of imide groups is 1. The fourth-order valence-electron chi connectivity index (χ4n) is 1.95. The Morgan fingerprint density at radius 1 is 1.32 bits per heavy atom. The van der Waals surface area contributed by atoms with Crippen molar-refractivity contribution >= 4 is 21.8 Å². The second-order valence-electron chi connectivity index (χ2n) is 5.78. The molecule has 1 aliphatic rings. The monoisotopic (exact) mass is 290 g/mol. The van der Waals surface area contributed by atoms with E-state index in [0.717, 1.165) is 17.6 Å². The van der Waals surface area contributed by atoms with Gasteiger partial charge in [0.25, 0.3) is 5.91 Å². The van der Waals surface area contributed by atoms with Gasteiger partial charge in [0.05, 0.1) is 5.75 Å². The summed E-state index contributed by atoms with van der Waals surface area (Å²) >= 11 is 0. The van der Waals surface area contributed by atoms with Crippen LogP contribution in [0.15, 0.2) is 0 Å². The van der Waals surface area contributed by atoms with E-state index >= 15 is 0 Å². The second-order valence-corrected chi connectivity index (χ2v) is 8.04.